The highest BCUT2D eigenvalue weighted by atomic mass is 16.5. The van der Waals surface area contributed by atoms with Crippen LogP contribution in [0.4, 0.5) is 11.4 Å². The first-order valence-corrected chi connectivity index (χ1v) is 7.80. The molecule has 1 aromatic carbocycles. The summed E-state index contributed by atoms with van der Waals surface area (Å²) in [5.74, 6) is 0.462. The van der Waals surface area contributed by atoms with Gasteiger partial charge in [0.2, 0.25) is 0 Å². The second-order valence-corrected chi connectivity index (χ2v) is 5.29. The highest BCUT2D eigenvalue weighted by Gasteiger charge is 2.09. The number of aromatic nitrogens is 2. The van der Waals surface area contributed by atoms with Crippen LogP contribution in [-0.4, -0.2) is 23.0 Å². The quantitative estimate of drug-likeness (QED) is 0.723. The molecule has 6 nitrogen and oxygen atoms in total. The largest absolute Gasteiger partial charge is 0.497 e. The SMILES string of the molecule is COc1ccc(NC(=O)c2cc(NCc3ccccn3)ccn2)cc1. The molecule has 6 heteroatoms. The number of nitrogens with zero attached hydrogens (tertiary/aromatic N) is 2. The van der Waals surface area contributed by atoms with E-state index >= 15 is 0 Å². The first-order chi connectivity index (χ1) is 12.2. The average molecular weight is 334 g/mol. The van der Waals surface area contributed by atoms with Crippen LogP contribution in [0.25, 0.3) is 0 Å². The monoisotopic (exact) mass is 334 g/mol. The van der Waals surface area contributed by atoms with E-state index in [-0.39, 0.29) is 5.91 Å². The van der Waals surface area contributed by atoms with Crippen molar-refractivity contribution in [2.75, 3.05) is 17.7 Å². The van der Waals surface area contributed by atoms with Crippen LogP contribution in [0, 0.1) is 0 Å². The number of hydrogen-bond acceptors (Lipinski definition) is 5. The highest BCUT2D eigenvalue weighted by Crippen LogP contribution is 2.16. The zero-order chi connectivity index (χ0) is 17.5. The Morgan fingerprint density at radius 2 is 1.84 bits per heavy atom. The van der Waals surface area contributed by atoms with Crippen molar-refractivity contribution in [3.63, 3.8) is 0 Å². The third-order valence-electron chi connectivity index (χ3n) is 3.54. The Kier molecular flexibility index (Phi) is 5.21. The van der Waals surface area contributed by atoms with E-state index < -0.39 is 0 Å². The van der Waals surface area contributed by atoms with E-state index in [1.165, 1.54) is 0 Å². The molecule has 3 rings (SSSR count). The third-order valence-corrected chi connectivity index (χ3v) is 3.54. The molecule has 2 aromatic heterocycles. The Bertz CT molecular complexity index is 836. The molecule has 0 radical (unpaired) electrons. The summed E-state index contributed by atoms with van der Waals surface area (Å²) in [4.78, 5) is 20.7. The summed E-state index contributed by atoms with van der Waals surface area (Å²) >= 11 is 0. The number of pyridine rings is 2. The van der Waals surface area contributed by atoms with Crippen LogP contribution >= 0.6 is 0 Å². The number of rotatable bonds is 6. The summed E-state index contributed by atoms with van der Waals surface area (Å²) < 4.78 is 5.10. The molecule has 0 aliphatic heterocycles. The Balaban J connectivity index is 1.64. The number of amides is 1. The molecule has 0 aliphatic rings. The molecule has 0 aliphatic carbocycles. The van der Waals surface area contributed by atoms with E-state index in [0.717, 1.165) is 17.1 Å². The van der Waals surface area contributed by atoms with Crippen LogP contribution in [0.15, 0.2) is 67.0 Å². The summed E-state index contributed by atoms with van der Waals surface area (Å²) in [7, 11) is 1.60. The number of hydrogen-bond donors (Lipinski definition) is 2. The second kappa shape index (κ2) is 7.92. The zero-order valence-corrected chi connectivity index (χ0v) is 13.8. The summed E-state index contributed by atoms with van der Waals surface area (Å²) in [5.41, 5.74) is 2.74. The lowest BCUT2D eigenvalue weighted by Gasteiger charge is -2.09. The van der Waals surface area contributed by atoms with Gasteiger partial charge in [0.1, 0.15) is 11.4 Å². The Labute approximate surface area is 145 Å². The van der Waals surface area contributed by atoms with Crippen LogP contribution < -0.4 is 15.4 Å². The topological polar surface area (TPSA) is 76.1 Å². The third kappa shape index (κ3) is 4.54. The van der Waals surface area contributed by atoms with Crippen molar-refractivity contribution in [2.45, 2.75) is 6.54 Å². The number of benzene rings is 1. The molecule has 25 heavy (non-hydrogen) atoms. The number of ether oxygens (including phenoxy) is 1. The van der Waals surface area contributed by atoms with Crippen molar-refractivity contribution in [2.24, 2.45) is 0 Å². The van der Waals surface area contributed by atoms with E-state index in [9.17, 15) is 4.79 Å². The van der Waals surface area contributed by atoms with Gasteiger partial charge in [-0.05, 0) is 48.5 Å². The standard InChI is InChI=1S/C19H18N4O2/c1-25-17-7-5-14(6-8-17)23-19(24)18-12-15(9-11-21-18)22-13-16-4-2-3-10-20-16/h2-12H,13H2,1H3,(H,21,22)(H,23,24). The number of methoxy groups -OCH3 is 1. The molecule has 0 bridgehead atoms. The maximum Gasteiger partial charge on any atom is 0.274 e. The van der Waals surface area contributed by atoms with Crippen LogP contribution in [0.3, 0.4) is 0 Å². The molecule has 0 unspecified atom stereocenters. The van der Waals surface area contributed by atoms with E-state index in [1.54, 1.807) is 49.8 Å². The molecule has 0 spiro atoms. The minimum absolute atomic E-state index is 0.272. The summed E-state index contributed by atoms with van der Waals surface area (Å²) in [5, 5.41) is 6.05. The van der Waals surface area contributed by atoms with Gasteiger partial charge in [0.25, 0.3) is 5.91 Å². The lowest BCUT2D eigenvalue weighted by Crippen LogP contribution is -2.14. The van der Waals surface area contributed by atoms with Crippen LogP contribution in [0.1, 0.15) is 16.2 Å². The van der Waals surface area contributed by atoms with Crippen molar-refractivity contribution < 1.29 is 9.53 Å². The van der Waals surface area contributed by atoms with E-state index in [2.05, 4.69) is 20.6 Å². The summed E-state index contributed by atoms with van der Waals surface area (Å²) in [6.07, 6.45) is 3.35. The molecule has 126 valence electrons. The average Bonchev–Trinajstić information content (AvgIpc) is 2.68. The van der Waals surface area contributed by atoms with Gasteiger partial charge in [-0.2, -0.15) is 0 Å². The van der Waals surface area contributed by atoms with Crippen molar-refractivity contribution in [1.82, 2.24) is 9.97 Å². The molecule has 1 amide bonds. The number of nitrogens with one attached hydrogen (secondary N) is 2. The molecular weight excluding hydrogens is 316 g/mol. The van der Waals surface area contributed by atoms with Gasteiger partial charge in [0, 0.05) is 23.8 Å². The van der Waals surface area contributed by atoms with Crippen LogP contribution in [-0.2, 0) is 6.54 Å². The predicted octanol–water partition coefficient (Wildman–Crippen LogP) is 3.35. The van der Waals surface area contributed by atoms with Crippen LogP contribution in [0.5, 0.6) is 5.75 Å². The molecule has 0 atom stereocenters. The van der Waals surface area contributed by atoms with Gasteiger partial charge in [0.05, 0.1) is 19.3 Å². The van der Waals surface area contributed by atoms with Crippen molar-refractivity contribution in [1.29, 1.82) is 0 Å². The minimum Gasteiger partial charge on any atom is -0.497 e. The normalized spacial score (nSPS) is 10.1. The van der Waals surface area contributed by atoms with Crippen molar-refractivity contribution in [3.8, 4) is 5.75 Å². The minimum atomic E-state index is -0.272. The Morgan fingerprint density at radius 3 is 2.56 bits per heavy atom. The maximum absolute atomic E-state index is 12.4. The fraction of sp³-hybridized carbons (Fsp3) is 0.105. The fourth-order valence-corrected chi connectivity index (χ4v) is 2.23. The fourth-order valence-electron chi connectivity index (χ4n) is 2.23. The second-order valence-electron chi connectivity index (χ2n) is 5.29. The van der Waals surface area contributed by atoms with Crippen molar-refractivity contribution in [3.05, 3.63) is 78.4 Å². The highest BCUT2D eigenvalue weighted by molar-refractivity contribution is 6.03. The van der Waals surface area contributed by atoms with Gasteiger partial charge in [-0.1, -0.05) is 6.07 Å². The number of anilines is 2. The first kappa shape index (κ1) is 16.4. The smallest absolute Gasteiger partial charge is 0.274 e. The summed E-state index contributed by atoms with van der Waals surface area (Å²) in [6, 6.07) is 16.4. The van der Waals surface area contributed by atoms with Gasteiger partial charge in [-0.25, -0.2) is 0 Å². The van der Waals surface area contributed by atoms with Gasteiger partial charge in [0.15, 0.2) is 0 Å². The van der Waals surface area contributed by atoms with Gasteiger partial charge < -0.3 is 15.4 Å². The zero-order valence-electron chi connectivity index (χ0n) is 13.8. The lowest BCUT2D eigenvalue weighted by atomic mass is 10.2. The number of carbonyl (C=O) groups is 1. The predicted molar refractivity (Wildman–Crippen MR) is 96.7 cm³/mol. The van der Waals surface area contributed by atoms with E-state index in [4.69, 9.17) is 4.74 Å². The number of carbonyl (C=O) groups excluding carboxylic acids is 1. The molecular formula is C19H18N4O2. The summed E-state index contributed by atoms with van der Waals surface area (Å²) in [6.45, 7) is 0.574. The van der Waals surface area contributed by atoms with Crippen LogP contribution in [0.2, 0.25) is 0 Å². The van der Waals surface area contributed by atoms with Crippen molar-refractivity contribution >= 4 is 17.3 Å². The van der Waals surface area contributed by atoms with Gasteiger partial charge in [-0.3, -0.25) is 14.8 Å². The molecule has 0 saturated heterocycles. The van der Waals surface area contributed by atoms with E-state index in [0.29, 0.717) is 17.9 Å². The molecule has 2 N–H and O–H groups in total. The van der Waals surface area contributed by atoms with Gasteiger partial charge in [-0.15, -0.1) is 0 Å². The Morgan fingerprint density at radius 1 is 1.00 bits per heavy atom. The molecule has 3 aromatic rings. The Hall–Kier alpha value is -3.41. The lowest BCUT2D eigenvalue weighted by molar-refractivity contribution is 0.102. The maximum atomic E-state index is 12.4. The van der Waals surface area contributed by atoms with E-state index in [1.807, 2.05) is 24.3 Å². The first-order valence-electron chi connectivity index (χ1n) is 7.80. The molecule has 0 fully saturated rings. The van der Waals surface area contributed by atoms with Gasteiger partial charge >= 0.3 is 0 Å². The molecule has 2 heterocycles. The molecule has 0 saturated carbocycles.